The van der Waals surface area contributed by atoms with E-state index in [-0.39, 0.29) is 17.3 Å². The van der Waals surface area contributed by atoms with E-state index in [4.69, 9.17) is 0 Å². The lowest BCUT2D eigenvalue weighted by atomic mass is 10.2. The fraction of sp³-hybridized carbons (Fsp3) is 0.125. The molecule has 0 fully saturated rings. The average molecular weight is 338 g/mol. The fourth-order valence-corrected chi connectivity index (χ4v) is 2.31. The lowest BCUT2D eigenvalue weighted by Gasteiger charge is -2.06. The number of nitro benzene ring substituents is 1. The fourth-order valence-electron chi connectivity index (χ4n) is 1.00. The first kappa shape index (κ1) is 12.1. The molecule has 1 rings (SSSR count). The minimum Gasteiger partial charge on any atom is -0.320 e. The molecule has 5 nitrogen and oxygen atoms in total. The molecule has 15 heavy (non-hydrogen) atoms. The average Bonchev–Trinajstić information content (AvgIpc) is 2.08. The third-order valence-electron chi connectivity index (χ3n) is 1.53. The van der Waals surface area contributed by atoms with Crippen molar-refractivity contribution in [1.29, 1.82) is 0 Å². The molecule has 0 spiro atoms. The van der Waals surface area contributed by atoms with E-state index in [9.17, 15) is 14.9 Å². The summed E-state index contributed by atoms with van der Waals surface area (Å²) in [4.78, 5) is 21.0. The molecule has 1 aromatic carbocycles. The highest BCUT2D eigenvalue weighted by Crippen LogP contribution is 2.35. The van der Waals surface area contributed by atoms with E-state index >= 15 is 0 Å². The number of carbonyl (C=O) groups excluding carboxylic acids is 1. The van der Waals surface area contributed by atoms with Gasteiger partial charge in [0, 0.05) is 21.9 Å². The normalized spacial score (nSPS) is 9.80. The number of halogens is 2. The number of hydrogen-bond donors (Lipinski definition) is 1. The first-order chi connectivity index (χ1) is 6.91. The highest BCUT2D eigenvalue weighted by Gasteiger charge is 2.18. The van der Waals surface area contributed by atoms with Crippen LogP contribution in [0.1, 0.15) is 6.92 Å². The molecule has 0 saturated heterocycles. The van der Waals surface area contributed by atoms with Gasteiger partial charge in [-0.05, 0) is 22.0 Å². The predicted octanol–water partition coefficient (Wildman–Crippen LogP) is 3.08. The Labute approximate surface area is 102 Å². The van der Waals surface area contributed by atoms with Crippen LogP contribution in [0.25, 0.3) is 0 Å². The van der Waals surface area contributed by atoms with E-state index in [0.717, 1.165) is 0 Å². The zero-order valence-corrected chi connectivity index (χ0v) is 10.8. The number of nitro groups is 1. The Kier molecular flexibility index (Phi) is 3.81. The third kappa shape index (κ3) is 3.00. The molecule has 80 valence electrons. The lowest BCUT2D eigenvalue weighted by molar-refractivity contribution is -0.384. The Bertz CT molecular complexity index is 434. The number of amides is 1. The molecule has 1 aromatic rings. The van der Waals surface area contributed by atoms with Crippen LogP contribution in [0.2, 0.25) is 0 Å². The number of anilines is 1. The molecule has 0 atom stereocenters. The maximum absolute atomic E-state index is 10.9. The summed E-state index contributed by atoms with van der Waals surface area (Å²) in [5.74, 6) is -0.360. The van der Waals surface area contributed by atoms with E-state index in [2.05, 4.69) is 37.2 Å². The summed E-state index contributed by atoms with van der Waals surface area (Å²) in [6.45, 7) is 1.29. The van der Waals surface area contributed by atoms with Crippen LogP contribution in [-0.4, -0.2) is 10.8 Å². The van der Waals surface area contributed by atoms with Gasteiger partial charge in [-0.3, -0.25) is 14.9 Å². The van der Waals surface area contributed by atoms with Crippen molar-refractivity contribution in [3.63, 3.8) is 0 Å². The molecular weight excluding hydrogens is 332 g/mol. The lowest BCUT2D eigenvalue weighted by Crippen LogP contribution is -2.08. The minimum atomic E-state index is -0.555. The van der Waals surface area contributed by atoms with Gasteiger partial charge < -0.3 is 5.32 Å². The Hall–Kier alpha value is -0.950. The summed E-state index contributed by atoms with van der Waals surface area (Å²) in [5, 5.41) is 13.1. The predicted molar refractivity (Wildman–Crippen MR) is 62.8 cm³/mol. The second-order valence-electron chi connectivity index (χ2n) is 2.72. The van der Waals surface area contributed by atoms with Crippen LogP contribution in [0.4, 0.5) is 11.4 Å². The van der Waals surface area contributed by atoms with E-state index in [1.165, 1.54) is 13.0 Å². The number of nitrogens with zero attached hydrogens (tertiary/aromatic N) is 1. The summed E-state index contributed by atoms with van der Waals surface area (Å²) in [6, 6.07) is 2.95. The van der Waals surface area contributed by atoms with Gasteiger partial charge in [-0.15, -0.1) is 0 Å². The topological polar surface area (TPSA) is 72.2 Å². The Morgan fingerprint density at radius 2 is 2.07 bits per heavy atom. The van der Waals surface area contributed by atoms with Gasteiger partial charge in [0.25, 0.3) is 5.69 Å². The van der Waals surface area contributed by atoms with Crippen molar-refractivity contribution >= 4 is 49.1 Å². The number of rotatable bonds is 2. The summed E-state index contributed by atoms with van der Waals surface area (Å²) in [5.41, 5.74) is 0.00199. The number of hydrogen-bond acceptors (Lipinski definition) is 3. The summed E-state index contributed by atoms with van der Waals surface area (Å²) >= 11 is 6.28. The monoisotopic (exact) mass is 336 g/mol. The van der Waals surface area contributed by atoms with Gasteiger partial charge in [-0.2, -0.15) is 0 Å². The molecule has 0 bridgehead atoms. The summed E-state index contributed by atoms with van der Waals surface area (Å²) in [6.07, 6.45) is 0. The van der Waals surface area contributed by atoms with Crippen LogP contribution in [0.3, 0.4) is 0 Å². The Balaban J connectivity index is 3.33. The van der Waals surface area contributed by atoms with Crippen LogP contribution in [0.15, 0.2) is 21.1 Å². The smallest absolute Gasteiger partial charge is 0.295 e. The van der Waals surface area contributed by atoms with E-state index in [1.54, 1.807) is 6.07 Å². The van der Waals surface area contributed by atoms with Crippen molar-refractivity contribution in [2.24, 2.45) is 0 Å². The van der Waals surface area contributed by atoms with Gasteiger partial charge in [-0.1, -0.05) is 15.9 Å². The SMILES string of the molecule is CC(=O)Nc1c(Br)cc(Br)cc1[N+](=O)[O-]. The second kappa shape index (κ2) is 4.71. The highest BCUT2D eigenvalue weighted by molar-refractivity contribution is 9.11. The number of carbonyl (C=O) groups is 1. The van der Waals surface area contributed by atoms with Crippen molar-refractivity contribution in [2.75, 3.05) is 5.32 Å². The Morgan fingerprint density at radius 3 is 2.53 bits per heavy atom. The maximum Gasteiger partial charge on any atom is 0.295 e. The molecule has 0 aliphatic rings. The highest BCUT2D eigenvalue weighted by atomic mass is 79.9. The van der Waals surface area contributed by atoms with E-state index in [1.807, 2.05) is 0 Å². The van der Waals surface area contributed by atoms with Crippen LogP contribution in [0.5, 0.6) is 0 Å². The van der Waals surface area contributed by atoms with Crippen molar-refractivity contribution < 1.29 is 9.72 Å². The van der Waals surface area contributed by atoms with Gasteiger partial charge in [0.2, 0.25) is 5.91 Å². The number of nitrogens with one attached hydrogen (secondary N) is 1. The van der Waals surface area contributed by atoms with Gasteiger partial charge >= 0.3 is 0 Å². The van der Waals surface area contributed by atoms with Crippen LogP contribution in [0, 0.1) is 10.1 Å². The van der Waals surface area contributed by atoms with Crippen molar-refractivity contribution in [1.82, 2.24) is 0 Å². The molecule has 0 radical (unpaired) electrons. The summed E-state index contributed by atoms with van der Waals surface area (Å²) in [7, 11) is 0. The molecule has 0 aliphatic heterocycles. The third-order valence-corrected chi connectivity index (χ3v) is 2.62. The molecule has 0 unspecified atom stereocenters. The second-order valence-corrected chi connectivity index (χ2v) is 4.49. The van der Waals surface area contributed by atoms with Crippen molar-refractivity contribution in [2.45, 2.75) is 6.92 Å². The molecule has 7 heteroatoms. The minimum absolute atomic E-state index is 0.161. The molecule has 1 amide bonds. The first-order valence-corrected chi connectivity index (χ1v) is 5.41. The molecule has 0 saturated carbocycles. The summed E-state index contributed by atoms with van der Waals surface area (Å²) < 4.78 is 1.02. The van der Waals surface area contributed by atoms with Gasteiger partial charge in [0.05, 0.1) is 4.92 Å². The Morgan fingerprint density at radius 1 is 1.47 bits per heavy atom. The number of benzene rings is 1. The van der Waals surface area contributed by atoms with E-state index < -0.39 is 4.92 Å². The van der Waals surface area contributed by atoms with Gasteiger partial charge in [0.1, 0.15) is 5.69 Å². The first-order valence-electron chi connectivity index (χ1n) is 3.83. The zero-order chi connectivity index (χ0) is 11.6. The standard InChI is InChI=1S/C8H6Br2N2O3/c1-4(13)11-8-6(10)2-5(9)3-7(8)12(14)15/h2-3H,1H3,(H,11,13). The molecule has 1 N–H and O–H groups in total. The zero-order valence-electron chi connectivity index (χ0n) is 7.58. The van der Waals surface area contributed by atoms with E-state index in [0.29, 0.717) is 8.95 Å². The largest absolute Gasteiger partial charge is 0.320 e. The van der Waals surface area contributed by atoms with Crippen molar-refractivity contribution in [3.8, 4) is 0 Å². The van der Waals surface area contributed by atoms with Gasteiger partial charge in [-0.25, -0.2) is 0 Å². The van der Waals surface area contributed by atoms with Crippen LogP contribution in [-0.2, 0) is 4.79 Å². The molecule has 0 heterocycles. The molecule has 0 aliphatic carbocycles. The quantitative estimate of drug-likeness (QED) is 0.665. The van der Waals surface area contributed by atoms with Crippen molar-refractivity contribution in [3.05, 3.63) is 31.2 Å². The van der Waals surface area contributed by atoms with Crippen LogP contribution < -0.4 is 5.32 Å². The van der Waals surface area contributed by atoms with Gasteiger partial charge in [0.15, 0.2) is 0 Å². The molecular formula is C8H6Br2N2O3. The molecule has 0 aromatic heterocycles. The maximum atomic E-state index is 10.9. The van der Waals surface area contributed by atoms with Crippen LogP contribution >= 0.6 is 31.9 Å².